The number of carbonyl (C=O) groups excluding carboxylic acids is 1. The van der Waals surface area contributed by atoms with Crippen LogP contribution in [0.25, 0.3) is 0 Å². The SMILES string of the molecule is CCN(CC)c1nc(C(F)(F)F)ccc1CNC(=O)C(C)c1ccc(C#N)c(C)c1. The van der Waals surface area contributed by atoms with Gasteiger partial charge in [0.1, 0.15) is 11.5 Å². The highest BCUT2D eigenvalue weighted by Gasteiger charge is 2.33. The predicted octanol–water partition coefficient (Wildman–Crippen LogP) is 4.55. The van der Waals surface area contributed by atoms with Crippen molar-refractivity contribution in [3.8, 4) is 6.07 Å². The number of pyridine rings is 1. The first kappa shape index (κ1) is 23.2. The van der Waals surface area contributed by atoms with Crippen LogP contribution in [0.1, 0.15) is 54.6 Å². The van der Waals surface area contributed by atoms with E-state index < -0.39 is 17.8 Å². The predicted molar refractivity (Wildman–Crippen MR) is 109 cm³/mol. The number of amides is 1. The number of anilines is 1. The quantitative estimate of drug-likeness (QED) is 0.716. The molecule has 0 saturated heterocycles. The summed E-state index contributed by atoms with van der Waals surface area (Å²) in [6.45, 7) is 8.27. The van der Waals surface area contributed by atoms with Crippen LogP contribution in [-0.4, -0.2) is 24.0 Å². The van der Waals surface area contributed by atoms with Crippen LogP contribution >= 0.6 is 0 Å². The molecule has 0 bridgehead atoms. The number of hydrogen-bond donors (Lipinski definition) is 1. The molecule has 1 N–H and O–H groups in total. The Hall–Kier alpha value is -3.08. The van der Waals surface area contributed by atoms with Crippen LogP contribution in [0.5, 0.6) is 0 Å². The molecule has 0 saturated carbocycles. The monoisotopic (exact) mass is 418 g/mol. The first-order valence-corrected chi connectivity index (χ1v) is 9.72. The molecule has 5 nitrogen and oxygen atoms in total. The lowest BCUT2D eigenvalue weighted by atomic mass is 9.96. The summed E-state index contributed by atoms with van der Waals surface area (Å²) < 4.78 is 39.3. The zero-order chi connectivity index (χ0) is 22.5. The number of hydrogen-bond acceptors (Lipinski definition) is 4. The van der Waals surface area contributed by atoms with E-state index in [9.17, 15) is 18.0 Å². The summed E-state index contributed by atoms with van der Waals surface area (Å²) in [7, 11) is 0. The molecule has 8 heteroatoms. The average Bonchev–Trinajstić information content (AvgIpc) is 2.72. The summed E-state index contributed by atoms with van der Waals surface area (Å²) in [5.74, 6) is -0.516. The topological polar surface area (TPSA) is 69.0 Å². The van der Waals surface area contributed by atoms with Crippen molar-refractivity contribution < 1.29 is 18.0 Å². The number of aryl methyl sites for hydroxylation is 1. The van der Waals surface area contributed by atoms with Crippen LogP contribution in [-0.2, 0) is 17.5 Å². The minimum atomic E-state index is -4.54. The van der Waals surface area contributed by atoms with Gasteiger partial charge in [0.05, 0.1) is 17.6 Å². The largest absolute Gasteiger partial charge is 0.433 e. The molecule has 1 amide bonds. The van der Waals surface area contributed by atoms with E-state index in [4.69, 9.17) is 5.26 Å². The zero-order valence-electron chi connectivity index (χ0n) is 17.5. The highest BCUT2D eigenvalue weighted by molar-refractivity contribution is 5.83. The Kier molecular flexibility index (Phi) is 7.43. The Balaban J connectivity index is 2.22. The van der Waals surface area contributed by atoms with Gasteiger partial charge in [-0.25, -0.2) is 4.98 Å². The van der Waals surface area contributed by atoms with E-state index in [0.717, 1.165) is 17.2 Å². The van der Waals surface area contributed by atoms with Crippen molar-refractivity contribution in [1.29, 1.82) is 5.26 Å². The summed E-state index contributed by atoms with van der Waals surface area (Å²) in [6.07, 6.45) is -4.54. The summed E-state index contributed by atoms with van der Waals surface area (Å²) in [6, 6.07) is 9.58. The Labute approximate surface area is 174 Å². The Morgan fingerprint density at radius 1 is 1.23 bits per heavy atom. The minimum absolute atomic E-state index is 0.0649. The molecule has 0 fully saturated rings. The second kappa shape index (κ2) is 9.61. The van der Waals surface area contributed by atoms with Crippen LogP contribution in [0.3, 0.4) is 0 Å². The molecule has 0 radical (unpaired) electrons. The lowest BCUT2D eigenvalue weighted by Crippen LogP contribution is -2.30. The van der Waals surface area contributed by atoms with Crippen molar-refractivity contribution in [3.63, 3.8) is 0 Å². The van der Waals surface area contributed by atoms with Crippen molar-refractivity contribution in [1.82, 2.24) is 10.3 Å². The van der Waals surface area contributed by atoms with Gasteiger partial charge in [0.25, 0.3) is 0 Å². The van der Waals surface area contributed by atoms with E-state index in [1.807, 2.05) is 13.8 Å². The lowest BCUT2D eigenvalue weighted by molar-refractivity contribution is -0.141. The molecule has 1 aromatic carbocycles. The fourth-order valence-corrected chi connectivity index (χ4v) is 3.14. The van der Waals surface area contributed by atoms with Crippen LogP contribution in [0, 0.1) is 18.3 Å². The van der Waals surface area contributed by atoms with Crippen LogP contribution < -0.4 is 10.2 Å². The fraction of sp³-hybridized carbons (Fsp3) is 0.409. The van der Waals surface area contributed by atoms with E-state index in [1.165, 1.54) is 6.07 Å². The smallest absolute Gasteiger partial charge is 0.357 e. The third-order valence-electron chi connectivity index (χ3n) is 5.03. The third-order valence-corrected chi connectivity index (χ3v) is 5.03. The molecule has 1 aromatic heterocycles. The van der Waals surface area contributed by atoms with Gasteiger partial charge in [0.2, 0.25) is 5.91 Å². The number of benzene rings is 1. The number of nitriles is 1. The van der Waals surface area contributed by atoms with Crippen molar-refractivity contribution in [3.05, 3.63) is 58.3 Å². The van der Waals surface area contributed by atoms with Gasteiger partial charge in [0, 0.05) is 25.2 Å². The summed E-state index contributed by atoms with van der Waals surface area (Å²) in [4.78, 5) is 18.2. The second-order valence-electron chi connectivity index (χ2n) is 6.97. The molecule has 0 aliphatic heterocycles. The summed E-state index contributed by atoms with van der Waals surface area (Å²) in [5.41, 5.74) is 1.65. The maximum absolute atomic E-state index is 13.1. The standard InChI is InChI=1S/C22H25F3N4O/c1-5-29(6-2)20-18(9-10-19(28-20)22(23,24)25)13-27-21(30)15(4)16-7-8-17(12-26)14(3)11-16/h7-11,15H,5-6,13H2,1-4H3,(H,27,30). The molecule has 2 rings (SSSR count). The highest BCUT2D eigenvalue weighted by Crippen LogP contribution is 2.30. The van der Waals surface area contributed by atoms with E-state index in [-0.39, 0.29) is 18.3 Å². The maximum Gasteiger partial charge on any atom is 0.433 e. The number of rotatable bonds is 7. The number of halogens is 3. The van der Waals surface area contributed by atoms with Gasteiger partial charge in [-0.15, -0.1) is 0 Å². The highest BCUT2D eigenvalue weighted by atomic mass is 19.4. The van der Waals surface area contributed by atoms with Gasteiger partial charge in [0.15, 0.2) is 0 Å². The van der Waals surface area contributed by atoms with Gasteiger partial charge in [-0.1, -0.05) is 18.2 Å². The molecule has 0 aliphatic carbocycles. The molecule has 0 aliphatic rings. The molecule has 30 heavy (non-hydrogen) atoms. The van der Waals surface area contributed by atoms with Crippen LogP contribution in [0.4, 0.5) is 19.0 Å². The second-order valence-corrected chi connectivity index (χ2v) is 6.97. The molecular weight excluding hydrogens is 393 g/mol. The van der Waals surface area contributed by atoms with Crippen LogP contribution in [0.15, 0.2) is 30.3 Å². The van der Waals surface area contributed by atoms with E-state index in [0.29, 0.717) is 24.2 Å². The third kappa shape index (κ3) is 5.29. The number of aromatic nitrogens is 1. The Morgan fingerprint density at radius 2 is 1.90 bits per heavy atom. The Bertz CT molecular complexity index is 946. The van der Waals surface area contributed by atoms with Gasteiger partial charge in [-0.05, 0) is 51.0 Å². The molecule has 160 valence electrons. The number of nitrogens with zero attached hydrogens (tertiary/aromatic N) is 3. The molecule has 1 unspecified atom stereocenters. The van der Waals surface area contributed by atoms with Crippen molar-refractivity contribution in [2.45, 2.75) is 46.3 Å². The van der Waals surface area contributed by atoms with Crippen molar-refractivity contribution in [2.24, 2.45) is 0 Å². The zero-order valence-corrected chi connectivity index (χ0v) is 17.5. The average molecular weight is 418 g/mol. The molecule has 0 spiro atoms. The van der Waals surface area contributed by atoms with Gasteiger partial charge in [-0.3, -0.25) is 4.79 Å². The molecule has 1 heterocycles. The lowest BCUT2D eigenvalue weighted by Gasteiger charge is -2.24. The van der Waals surface area contributed by atoms with Crippen LogP contribution in [0.2, 0.25) is 0 Å². The number of alkyl halides is 3. The molecule has 1 atom stereocenters. The fourth-order valence-electron chi connectivity index (χ4n) is 3.14. The van der Waals surface area contributed by atoms with E-state index in [2.05, 4.69) is 16.4 Å². The normalized spacial score (nSPS) is 12.2. The molecule has 2 aromatic rings. The maximum atomic E-state index is 13.1. The Morgan fingerprint density at radius 3 is 2.43 bits per heavy atom. The van der Waals surface area contributed by atoms with Gasteiger partial charge >= 0.3 is 6.18 Å². The van der Waals surface area contributed by atoms with E-state index >= 15 is 0 Å². The first-order chi connectivity index (χ1) is 14.1. The van der Waals surface area contributed by atoms with Gasteiger partial charge < -0.3 is 10.2 Å². The van der Waals surface area contributed by atoms with E-state index in [1.54, 1.807) is 36.9 Å². The van der Waals surface area contributed by atoms with Crippen molar-refractivity contribution >= 4 is 11.7 Å². The minimum Gasteiger partial charge on any atom is -0.357 e. The van der Waals surface area contributed by atoms with Crippen molar-refractivity contribution in [2.75, 3.05) is 18.0 Å². The van der Waals surface area contributed by atoms with Gasteiger partial charge in [-0.2, -0.15) is 18.4 Å². The number of nitrogens with one attached hydrogen (secondary N) is 1. The molecular formula is C22H25F3N4O. The summed E-state index contributed by atoms with van der Waals surface area (Å²) in [5, 5.41) is 11.8. The first-order valence-electron chi connectivity index (χ1n) is 9.72. The summed E-state index contributed by atoms with van der Waals surface area (Å²) >= 11 is 0. The number of carbonyl (C=O) groups is 1.